The van der Waals surface area contributed by atoms with Gasteiger partial charge in [0.15, 0.2) is 5.82 Å². The minimum atomic E-state index is -0.622. The van der Waals surface area contributed by atoms with E-state index in [1.54, 1.807) is 36.4 Å². The van der Waals surface area contributed by atoms with Crippen LogP contribution in [0.25, 0.3) is 27.3 Å². The fraction of sp³-hybridized carbons (Fsp3) is 0.0870. The van der Waals surface area contributed by atoms with E-state index in [-0.39, 0.29) is 23.1 Å². The standard InChI is InChI=1S/C23H18FN7O2S/c1-2-30-22(33)16-6-3-4-7-17(16)25-23(30)28-27-21(32)19-26-20(18-8-5-13-34-18)31(29-19)15-11-9-14(24)10-12-15/h3-13H,2H2,1H3,(H,25,28)(H,27,32). The van der Waals surface area contributed by atoms with Crippen molar-refractivity contribution in [2.75, 3.05) is 5.43 Å². The van der Waals surface area contributed by atoms with E-state index >= 15 is 0 Å². The van der Waals surface area contributed by atoms with Crippen molar-refractivity contribution < 1.29 is 9.18 Å². The monoisotopic (exact) mass is 475 g/mol. The normalized spacial score (nSPS) is 11.0. The van der Waals surface area contributed by atoms with Gasteiger partial charge in [-0.1, -0.05) is 18.2 Å². The van der Waals surface area contributed by atoms with Crippen LogP contribution in [0, 0.1) is 5.82 Å². The number of amides is 1. The summed E-state index contributed by atoms with van der Waals surface area (Å²) in [5.41, 5.74) is 6.09. The number of nitrogens with zero attached hydrogens (tertiary/aromatic N) is 5. The molecule has 0 aliphatic carbocycles. The highest BCUT2D eigenvalue weighted by atomic mass is 32.1. The van der Waals surface area contributed by atoms with Gasteiger partial charge in [-0.15, -0.1) is 16.4 Å². The van der Waals surface area contributed by atoms with Gasteiger partial charge < -0.3 is 0 Å². The van der Waals surface area contributed by atoms with E-state index in [9.17, 15) is 14.0 Å². The van der Waals surface area contributed by atoms with Crippen LogP contribution in [0.2, 0.25) is 0 Å². The largest absolute Gasteiger partial charge is 0.309 e. The Balaban J connectivity index is 1.46. The Hall–Kier alpha value is -4.38. The Morgan fingerprint density at radius 2 is 1.85 bits per heavy atom. The van der Waals surface area contributed by atoms with Gasteiger partial charge in [-0.3, -0.25) is 25.0 Å². The molecule has 0 saturated heterocycles. The summed E-state index contributed by atoms with van der Waals surface area (Å²) in [4.78, 5) is 35.3. The van der Waals surface area contributed by atoms with Crippen molar-refractivity contribution in [3.05, 3.63) is 88.0 Å². The van der Waals surface area contributed by atoms with Crippen molar-refractivity contribution >= 4 is 34.1 Å². The third kappa shape index (κ3) is 3.92. The smallest absolute Gasteiger partial charge is 0.277 e. The van der Waals surface area contributed by atoms with Crippen LogP contribution in [-0.4, -0.2) is 30.2 Å². The average molecular weight is 476 g/mol. The first kappa shape index (κ1) is 21.5. The lowest BCUT2D eigenvalue weighted by Gasteiger charge is -2.13. The van der Waals surface area contributed by atoms with Gasteiger partial charge >= 0.3 is 5.91 Å². The number of anilines is 1. The quantitative estimate of drug-likeness (QED) is 0.363. The van der Waals surface area contributed by atoms with E-state index in [0.717, 1.165) is 4.88 Å². The van der Waals surface area contributed by atoms with Gasteiger partial charge in [-0.25, -0.2) is 19.0 Å². The fourth-order valence-corrected chi connectivity index (χ4v) is 4.16. The Labute approximate surface area is 196 Å². The van der Waals surface area contributed by atoms with Crippen LogP contribution in [-0.2, 0) is 6.54 Å². The van der Waals surface area contributed by atoms with Gasteiger partial charge in [0.25, 0.3) is 5.56 Å². The van der Waals surface area contributed by atoms with Crippen molar-refractivity contribution in [2.24, 2.45) is 0 Å². The van der Waals surface area contributed by atoms with Gasteiger partial charge in [0.05, 0.1) is 21.5 Å². The maximum absolute atomic E-state index is 13.4. The minimum Gasteiger partial charge on any atom is -0.277 e. The second-order valence-corrected chi connectivity index (χ2v) is 8.15. The highest BCUT2D eigenvalue weighted by molar-refractivity contribution is 7.13. The lowest BCUT2D eigenvalue weighted by atomic mass is 10.2. The van der Waals surface area contributed by atoms with E-state index in [4.69, 9.17) is 0 Å². The Kier molecular flexibility index (Phi) is 5.60. The van der Waals surface area contributed by atoms with Crippen molar-refractivity contribution in [3.8, 4) is 16.4 Å². The molecule has 11 heteroatoms. The molecular weight excluding hydrogens is 457 g/mol. The zero-order valence-corrected chi connectivity index (χ0v) is 18.7. The maximum atomic E-state index is 13.4. The molecule has 0 atom stereocenters. The number of carbonyl (C=O) groups excluding carboxylic acids is 1. The van der Waals surface area contributed by atoms with Gasteiger partial charge in [0.1, 0.15) is 5.82 Å². The van der Waals surface area contributed by atoms with Crippen LogP contribution in [0.1, 0.15) is 17.5 Å². The van der Waals surface area contributed by atoms with Gasteiger partial charge in [-0.2, -0.15) is 0 Å². The van der Waals surface area contributed by atoms with E-state index in [0.29, 0.717) is 29.0 Å². The predicted molar refractivity (Wildman–Crippen MR) is 127 cm³/mol. The number of halogens is 1. The molecule has 5 rings (SSSR count). The average Bonchev–Trinajstić information content (AvgIpc) is 3.53. The first-order valence-electron chi connectivity index (χ1n) is 10.4. The summed E-state index contributed by atoms with van der Waals surface area (Å²) >= 11 is 1.44. The van der Waals surface area contributed by atoms with Crippen LogP contribution in [0.5, 0.6) is 0 Å². The minimum absolute atomic E-state index is 0.105. The first-order valence-corrected chi connectivity index (χ1v) is 11.3. The number of benzene rings is 2. The molecule has 0 aliphatic rings. The summed E-state index contributed by atoms with van der Waals surface area (Å²) in [7, 11) is 0. The number of hydrogen-bond acceptors (Lipinski definition) is 7. The van der Waals surface area contributed by atoms with Crippen LogP contribution < -0.4 is 16.4 Å². The SMILES string of the molecule is CCn1c(NNC(=O)c2nc(-c3cccs3)n(-c3ccc(F)cc3)n2)nc2ccccc2c1=O. The van der Waals surface area contributed by atoms with E-state index < -0.39 is 5.91 Å². The van der Waals surface area contributed by atoms with Crippen LogP contribution in [0.4, 0.5) is 10.3 Å². The van der Waals surface area contributed by atoms with E-state index in [1.807, 2.05) is 24.4 Å². The van der Waals surface area contributed by atoms with Crippen LogP contribution in [0.15, 0.2) is 70.8 Å². The number of hydrogen-bond donors (Lipinski definition) is 2. The second-order valence-electron chi connectivity index (χ2n) is 7.21. The van der Waals surface area contributed by atoms with E-state index in [2.05, 4.69) is 25.9 Å². The highest BCUT2D eigenvalue weighted by Gasteiger charge is 2.20. The van der Waals surface area contributed by atoms with Crippen LogP contribution >= 0.6 is 11.3 Å². The summed E-state index contributed by atoms with van der Waals surface area (Å²) in [6.45, 7) is 2.17. The number of para-hydroxylation sites is 1. The molecule has 3 heterocycles. The lowest BCUT2D eigenvalue weighted by molar-refractivity contribution is 0.0952. The molecule has 0 aliphatic heterocycles. The molecule has 0 spiro atoms. The number of hydrazine groups is 1. The fourth-order valence-electron chi connectivity index (χ4n) is 3.46. The molecule has 2 aromatic carbocycles. The maximum Gasteiger partial charge on any atom is 0.309 e. The van der Waals surface area contributed by atoms with Gasteiger partial charge in [-0.05, 0) is 54.8 Å². The van der Waals surface area contributed by atoms with Crippen molar-refractivity contribution in [3.63, 3.8) is 0 Å². The molecule has 0 bridgehead atoms. The second kappa shape index (κ2) is 8.87. The summed E-state index contributed by atoms with van der Waals surface area (Å²) in [5, 5.41) is 6.71. The highest BCUT2D eigenvalue weighted by Crippen LogP contribution is 2.25. The molecule has 0 saturated carbocycles. The number of carbonyl (C=O) groups is 1. The molecule has 34 heavy (non-hydrogen) atoms. The molecule has 3 aromatic heterocycles. The molecule has 0 radical (unpaired) electrons. The zero-order valence-electron chi connectivity index (χ0n) is 17.9. The number of thiophene rings is 1. The molecular formula is C23H18FN7O2S. The van der Waals surface area contributed by atoms with E-state index in [1.165, 1.54) is 32.7 Å². The molecule has 2 N–H and O–H groups in total. The molecule has 170 valence electrons. The predicted octanol–water partition coefficient (Wildman–Crippen LogP) is 3.62. The number of fused-ring (bicyclic) bond motifs is 1. The number of nitrogens with one attached hydrogen (secondary N) is 2. The molecule has 5 aromatic rings. The number of rotatable bonds is 6. The van der Waals surface area contributed by atoms with Crippen molar-refractivity contribution in [2.45, 2.75) is 13.5 Å². The first-order chi connectivity index (χ1) is 16.5. The number of aromatic nitrogens is 5. The van der Waals surface area contributed by atoms with Crippen molar-refractivity contribution in [1.29, 1.82) is 0 Å². The summed E-state index contributed by atoms with van der Waals surface area (Å²) in [6.07, 6.45) is 0. The van der Waals surface area contributed by atoms with Gasteiger partial charge in [0.2, 0.25) is 11.8 Å². The summed E-state index contributed by atoms with van der Waals surface area (Å²) < 4.78 is 16.3. The van der Waals surface area contributed by atoms with Crippen molar-refractivity contribution in [1.82, 2.24) is 29.7 Å². The zero-order chi connectivity index (χ0) is 23.7. The molecule has 0 fully saturated rings. The van der Waals surface area contributed by atoms with Gasteiger partial charge in [0, 0.05) is 6.54 Å². The lowest BCUT2D eigenvalue weighted by Crippen LogP contribution is -2.35. The molecule has 0 unspecified atom stereocenters. The Morgan fingerprint density at radius 3 is 2.59 bits per heavy atom. The third-order valence-electron chi connectivity index (χ3n) is 5.09. The third-order valence-corrected chi connectivity index (χ3v) is 5.95. The Morgan fingerprint density at radius 1 is 1.06 bits per heavy atom. The topological polar surface area (TPSA) is 107 Å². The molecule has 9 nitrogen and oxygen atoms in total. The summed E-state index contributed by atoms with van der Waals surface area (Å²) in [5.74, 6) is -0.472. The van der Waals surface area contributed by atoms with Crippen LogP contribution in [0.3, 0.4) is 0 Å². The Bertz CT molecular complexity index is 1540. The summed E-state index contributed by atoms with van der Waals surface area (Å²) in [6, 6.07) is 16.4. The molecule has 1 amide bonds.